The fraction of sp³-hybridized carbons (Fsp3) is 0.391. The van der Waals surface area contributed by atoms with Crippen LogP contribution in [0.15, 0.2) is 53.5 Å². The first-order valence-electron chi connectivity index (χ1n) is 10.4. The largest absolute Gasteiger partial charge is 0.497 e. The average molecular weight is 538 g/mol. The Bertz CT molecular complexity index is 858. The molecular formula is C23H31IN4O3. The molecule has 2 aromatic rings. The Morgan fingerprint density at radius 2 is 1.90 bits per heavy atom. The molecule has 2 aromatic carbocycles. The molecule has 0 spiro atoms. The third-order valence-electron chi connectivity index (χ3n) is 4.79. The summed E-state index contributed by atoms with van der Waals surface area (Å²) in [6.45, 7) is 5.31. The van der Waals surface area contributed by atoms with Gasteiger partial charge in [0, 0.05) is 31.3 Å². The molecule has 0 aromatic heterocycles. The molecule has 1 saturated heterocycles. The molecule has 1 amide bonds. The van der Waals surface area contributed by atoms with Gasteiger partial charge in [-0.25, -0.2) is 4.99 Å². The van der Waals surface area contributed by atoms with Crippen LogP contribution >= 0.6 is 24.0 Å². The van der Waals surface area contributed by atoms with Crippen LogP contribution in [0.25, 0.3) is 0 Å². The molecule has 0 unspecified atom stereocenters. The van der Waals surface area contributed by atoms with Gasteiger partial charge in [0.2, 0.25) is 5.91 Å². The first kappa shape index (κ1) is 24.8. The van der Waals surface area contributed by atoms with Crippen molar-refractivity contribution in [2.75, 3.05) is 38.3 Å². The van der Waals surface area contributed by atoms with Crippen molar-refractivity contribution in [3.05, 3.63) is 54.1 Å². The zero-order valence-electron chi connectivity index (χ0n) is 18.1. The number of nitrogens with one attached hydrogen (secondary N) is 2. The van der Waals surface area contributed by atoms with Crippen molar-refractivity contribution >= 4 is 41.5 Å². The number of hydrogen-bond acceptors (Lipinski definition) is 4. The Labute approximate surface area is 201 Å². The van der Waals surface area contributed by atoms with E-state index in [2.05, 4.69) is 15.6 Å². The zero-order chi connectivity index (χ0) is 21.2. The van der Waals surface area contributed by atoms with Gasteiger partial charge in [0.25, 0.3) is 0 Å². The van der Waals surface area contributed by atoms with Gasteiger partial charge in [-0.15, -0.1) is 24.0 Å². The van der Waals surface area contributed by atoms with E-state index in [9.17, 15) is 4.79 Å². The van der Waals surface area contributed by atoms with E-state index < -0.39 is 0 Å². The molecule has 0 saturated carbocycles. The number of carbonyl (C=O) groups is 1. The number of nitrogens with zero attached hydrogens (tertiary/aromatic N) is 2. The summed E-state index contributed by atoms with van der Waals surface area (Å²) in [5.41, 5.74) is 2.06. The number of rotatable bonds is 9. The molecule has 3 rings (SSSR count). The lowest BCUT2D eigenvalue weighted by atomic mass is 10.2. The maximum absolute atomic E-state index is 11.9. The number of halogens is 1. The van der Waals surface area contributed by atoms with Gasteiger partial charge in [-0.2, -0.15) is 0 Å². The molecule has 0 aliphatic carbocycles. The summed E-state index contributed by atoms with van der Waals surface area (Å²) in [5, 5.41) is 6.52. The van der Waals surface area contributed by atoms with Gasteiger partial charge < -0.3 is 25.0 Å². The van der Waals surface area contributed by atoms with E-state index in [0.29, 0.717) is 26.1 Å². The minimum Gasteiger partial charge on any atom is -0.497 e. The molecule has 1 aliphatic heterocycles. The molecule has 0 atom stereocenters. The highest BCUT2D eigenvalue weighted by Gasteiger charge is 2.21. The van der Waals surface area contributed by atoms with Crippen molar-refractivity contribution < 1.29 is 14.3 Å². The van der Waals surface area contributed by atoms with Crippen molar-refractivity contribution in [3.63, 3.8) is 0 Å². The van der Waals surface area contributed by atoms with E-state index in [0.717, 1.165) is 48.2 Å². The monoisotopic (exact) mass is 538 g/mol. The van der Waals surface area contributed by atoms with E-state index in [1.807, 2.05) is 60.4 Å². The summed E-state index contributed by atoms with van der Waals surface area (Å²) in [4.78, 5) is 18.3. The maximum Gasteiger partial charge on any atom is 0.227 e. The lowest BCUT2D eigenvalue weighted by molar-refractivity contribution is -0.117. The minimum atomic E-state index is 0. The van der Waals surface area contributed by atoms with Crippen LogP contribution in [0.2, 0.25) is 0 Å². The van der Waals surface area contributed by atoms with Crippen molar-refractivity contribution in [2.45, 2.75) is 26.3 Å². The van der Waals surface area contributed by atoms with Crippen LogP contribution in [-0.2, 0) is 11.3 Å². The normalized spacial score (nSPS) is 13.5. The number of carbonyl (C=O) groups excluding carboxylic acids is 1. The van der Waals surface area contributed by atoms with Crippen LogP contribution in [0.4, 0.5) is 5.69 Å². The van der Waals surface area contributed by atoms with Crippen LogP contribution in [0.1, 0.15) is 25.3 Å². The van der Waals surface area contributed by atoms with Crippen molar-refractivity contribution in [3.8, 4) is 11.5 Å². The fourth-order valence-electron chi connectivity index (χ4n) is 3.24. The molecule has 1 heterocycles. The summed E-state index contributed by atoms with van der Waals surface area (Å²) in [6, 6.07) is 15.6. The molecule has 0 radical (unpaired) electrons. The zero-order valence-corrected chi connectivity index (χ0v) is 20.4. The van der Waals surface area contributed by atoms with Gasteiger partial charge in [0.1, 0.15) is 18.1 Å². The second-order valence-corrected chi connectivity index (χ2v) is 6.96. The molecule has 0 bridgehead atoms. The Morgan fingerprint density at radius 3 is 2.58 bits per heavy atom. The average Bonchev–Trinajstić information content (AvgIpc) is 3.21. The number of ether oxygens (including phenoxy) is 2. The van der Waals surface area contributed by atoms with Gasteiger partial charge >= 0.3 is 0 Å². The van der Waals surface area contributed by atoms with Crippen molar-refractivity contribution in [1.29, 1.82) is 0 Å². The van der Waals surface area contributed by atoms with Crippen LogP contribution in [0.3, 0.4) is 0 Å². The van der Waals surface area contributed by atoms with E-state index >= 15 is 0 Å². The summed E-state index contributed by atoms with van der Waals surface area (Å²) >= 11 is 0. The number of methoxy groups -OCH3 is 1. The molecule has 8 heteroatoms. The molecule has 2 N–H and O–H groups in total. The van der Waals surface area contributed by atoms with Gasteiger partial charge in [-0.05, 0) is 43.2 Å². The third kappa shape index (κ3) is 7.61. The molecule has 168 valence electrons. The van der Waals surface area contributed by atoms with Gasteiger partial charge in [-0.3, -0.25) is 4.79 Å². The SMILES string of the molecule is CCNC(=NCc1ccc(N2CCCC2=O)cc1)NCCOc1cccc(OC)c1.I. The summed E-state index contributed by atoms with van der Waals surface area (Å²) in [7, 11) is 1.64. The third-order valence-corrected chi connectivity index (χ3v) is 4.79. The first-order chi connectivity index (χ1) is 14.7. The van der Waals surface area contributed by atoms with E-state index in [1.54, 1.807) is 7.11 Å². The van der Waals surface area contributed by atoms with E-state index in [1.165, 1.54) is 0 Å². The number of benzene rings is 2. The topological polar surface area (TPSA) is 75.2 Å². The number of guanidine groups is 1. The Balaban J connectivity index is 0.00000341. The Kier molecular flexibility index (Phi) is 10.4. The number of aliphatic imine (C=N–C) groups is 1. The van der Waals surface area contributed by atoms with Gasteiger partial charge in [0.15, 0.2) is 5.96 Å². The second-order valence-electron chi connectivity index (χ2n) is 6.96. The molecular weight excluding hydrogens is 507 g/mol. The first-order valence-corrected chi connectivity index (χ1v) is 10.4. The predicted molar refractivity (Wildman–Crippen MR) is 135 cm³/mol. The molecule has 7 nitrogen and oxygen atoms in total. The fourth-order valence-corrected chi connectivity index (χ4v) is 3.24. The number of anilines is 1. The van der Waals surface area contributed by atoms with Gasteiger partial charge in [-0.1, -0.05) is 18.2 Å². The predicted octanol–water partition coefficient (Wildman–Crippen LogP) is 3.57. The van der Waals surface area contributed by atoms with E-state index in [-0.39, 0.29) is 29.9 Å². The molecule has 31 heavy (non-hydrogen) atoms. The number of hydrogen-bond donors (Lipinski definition) is 2. The Hall–Kier alpha value is -2.49. The number of amides is 1. The van der Waals surface area contributed by atoms with Gasteiger partial charge in [0.05, 0.1) is 20.2 Å². The Morgan fingerprint density at radius 1 is 1.13 bits per heavy atom. The highest BCUT2D eigenvalue weighted by atomic mass is 127. The summed E-state index contributed by atoms with van der Waals surface area (Å²) in [5.74, 6) is 2.49. The van der Waals surface area contributed by atoms with Crippen LogP contribution in [-0.4, -0.2) is 45.2 Å². The van der Waals surface area contributed by atoms with Crippen molar-refractivity contribution in [1.82, 2.24) is 10.6 Å². The van der Waals surface area contributed by atoms with Crippen molar-refractivity contribution in [2.24, 2.45) is 4.99 Å². The second kappa shape index (κ2) is 13.0. The maximum atomic E-state index is 11.9. The minimum absolute atomic E-state index is 0. The standard InChI is InChI=1S/C23H30N4O3.HI/c1-3-24-23(25-13-15-30-21-7-4-6-20(16-21)29-2)26-17-18-9-11-19(12-10-18)27-14-5-8-22(27)28;/h4,6-7,9-12,16H,3,5,8,13-15,17H2,1-2H3,(H2,24,25,26);1H. The van der Waals surface area contributed by atoms with Crippen LogP contribution in [0, 0.1) is 0 Å². The molecule has 1 fully saturated rings. The quantitative estimate of drug-likeness (QED) is 0.221. The lowest BCUT2D eigenvalue weighted by Gasteiger charge is -2.16. The van der Waals surface area contributed by atoms with Crippen LogP contribution in [0.5, 0.6) is 11.5 Å². The molecule has 1 aliphatic rings. The highest BCUT2D eigenvalue weighted by Crippen LogP contribution is 2.22. The van der Waals surface area contributed by atoms with E-state index in [4.69, 9.17) is 9.47 Å². The lowest BCUT2D eigenvalue weighted by Crippen LogP contribution is -2.39. The highest BCUT2D eigenvalue weighted by molar-refractivity contribution is 14.0. The summed E-state index contributed by atoms with van der Waals surface area (Å²) in [6.07, 6.45) is 1.58. The van der Waals surface area contributed by atoms with Crippen LogP contribution < -0.4 is 25.0 Å². The smallest absolute Gasteiger partial charge is 0.227 e. The summed E-state index contributed by atoms with van der Waals surface area (Å²) < 4.78 is 11.0.